The van der Waals surface area contributed by atoms with Crippen LogP contribution in [0.5, 0.6) is 0 Å². The molecule has 0 spiro atoms. The minimum atomic E-state index is 0.409. The van der Waals surface area contributed by atoms with Crippen molar-refractivity contribution in [1.82, 2.24) is 5.43 Å². The van der Waals surface area contributed by atoms with Crippen LogP contribution in [0.4, 0.5) is 0 Å². The Morgan fingerprint density at radius 3 is 2.71 bits per heavy atom. The van der Waals surface area contributed by atoms with Crippen LogP contribution in [0, 0.1) is 0 Å². The van der Waals surface area contributed by atoms with Crippen LogP contribution in [0.3, 0.4) is 0 Å². The summed E-state index contributed by atoms with van der Waals surface area (Å²) in [5, 5.41) is 2.12. The van der Waals surface area contributed by atoms with Crippen molar-refractivity contribution >= 4 is 27.3 Å². The molecule has 0 aromatic carbocycles. The van der Waals surface area contributed by atoms with E-state index in [0.29, 0.717) is 6.04 Å². The molecule has 0 amide bonds. The fourth-order valence-electron chi connectivity index (χ4n) is 1.93. The quantitative estimate of drug-likeness (QED) is 0.406. The molecular weight excluding hydrogens is 296 g/mol. The van der Waals surface area contributed by atoms with Gasteiger partial charge >= 0.3 is 0 Å². The molecular formula is C13H23BrN2S. The number of nitrogens with two attached hydrogens (primary N) is 1. The van der Waals surface area contributed by atoms with Crippen molar-refractivity contribution in [2.24, 2.45) is 5.84 Å². The summed E-state index contributed by atoms with van der Waals surface area (Å²) < 4.78 is 1.22. The number of nitrogens with one attached hydrogen (secondary N) is 1. The van der Waals surface area contributed by atoms with Gasteiger partial charge in [-0.2, -0.15) is 0 Å². The molecule has 0 aliphatic rings. The number of halogens is 1. The molecule has 1 atom stereocenters. The van der Waals surface area contributed by atoms with Gasteiger partial charge in [-0.3, -0.25) is 11.3 Å². The highest BCUT2D eigenvalue weighted by Crippen LogP contribution is 2.24. The minimum absolute atomic E-state index is 0.409. The molecule has 2 nitrogen and oxygen atoms in total. The highest BCUT2D eigenvalue weighted by molar-refractivity contribution is 9.10. The predicted molar refractivity (Wildman–Crippen MR) is 80.2 cm³/mol. The van der Waals surface area contributed by atoms with E-state index in [1.54, 1.807) is 11.3 Å². The Labute approximate surface area is 117 Å². The first-order valence-electron chi connectivity index (χ1n) is 6.46. The first-order chi connectivity index (χ1) is 8.27. The molecule has 4 heteroatoms. The van der Waals surface area contributed by atoms with Gasteiger partial charge in [-0.25, -0.2) is 0 Å². The van der Waals surface area contributed by atoms with Crippen LogP contribution in [0.2, 0.25) is 0 Å². The monoisotopic (exact) mass is 318 g/mol. The zero-order chi connectivity index (χ0) is 12.5. The highest BCUT2D eigenvalue weighted by atomic mass is 79.9. The third kappa shape index (κ3) is 6.00. The molecule has 1 aromatic rings. The lowest BCUT2D eigenvalue weighted by Crippen LogP contribution is -2.36. The molecule has 0 aliphatic heterocycles. The van der Waals surface area contributed by atoms with Gasteiger partial charge < -0.3 is 0 Å². The topological polar surface area (TPSA) is 38.0 Å². The van der Waals surface area contributed by atoms with E-state index in [0.717, 1.165) is 6.42 Å². The normalized spacial score (nSPS) is 12.9. The Kier molecular flexibility index (Phi) is 8.10. The van der Waals surface area contributed by atoms with Gasteiger partial charge in [0.2, 0.25) is 0 Å². The fraction of sp³-hybridized carbons (Fsp3) is 0.692. The maximum Gasteiger partial charge on any atom is 0.0314 e. The molecule has 0 aliphatic carbocycles. The Hall–Kier alpha value is 0.1000. The van der Waals surface area contributed by atoms with Gasteiger partial charge in [-0.15, -0.1) is 11.3 Å². The van der Waals surface area contributed by atoms with E-state index in [1.165, 1.54) is 47.9 Å². The van der Waals surface area contributed by atoms with Crippen molar-refractivity contribution in [2.75, 3.05) is 0 Å². The van der Waals surface area contributed by atoms with Gasteiger partial charge in [0.05, 0.1) is 0 Å². The van der Waals surface area contributed by atoms with Gasteiger partial charge in [0.1, 0.15) is 0 Å². The Balaban J connectivity index is 2.22. The van der Waals surface area contributed by atoms with Crippen LogP contribution in [0.15, 0.2) is 15.9 Å². The lowest BCUT2D eigenvalue weighted by Gasteiger charge is -2.15. The number of hydrogen-bond acceptors (Lipinski definition) is 3. The molecule has 17 heavy (non-hydrogen) atoms. The SMILES string of the molecule is CCCCCCCC(Cc1sccc1Br)NN. The van der Waals surface area contributed by atoms with Gasteiger partial charge in [0.15, 0.2) is 0 Å². The van der Waals surface area contributed by atoms with Crippen LogP contribution >= 0.6 is 27.3 Å². The summed E-state index contributed by atoms with van der Waals surface area (Å²) in [5.41, 5.74) is 2.94. The molecule has 3 N–H and O–H groups in total. The van der Waals surface area contributed by atoms with E-state index in [-0.39, 0.29) is 0 Å². The van der Waals surface area contributed by atoms with Crippen molar-refractivity contribution in [1.29, 1.82) is 0 Å². The van der Waals surface area contributed by atoms with Crippen LogP contribution in [-0.2, 0) is 6.42 Å². The minimum Gasteiger partial charge on any atom is -0.271 e. The van der Waals surface area contributed by atoms with E-state index in [9.17, 15) is 0 Å². The van der Waals surface area contributed by atoms with E-state index in [2.05, 4.69) is 39.7 Å². The van der Waals surface area contributed by atoms with Crippen molar-refractivity contribution in [2.45, 2.75) is 57.9 Å². The first kappa shape index (κ1) is 15.2. The zero-order valence-corrected chi connectivity index (χ0v) is 12.9. The summed E-state index contributed by atoms with van der Waals surface area (Å²) in [6, 6.07) is 2.51. The standard InChI is InChI=1S/C13H23BrN2S/c1-2-3-4-5-6-7-11(16-15)10-13-12(14)8-9-17-13/h8-9,11,16H,2-7,10,15H2,1H3. The molecule has 1 aromatic heterocycles. The average Bonchev–Trinajstić information content (AvgIpc) is 2.73. The van der Waals surface area contributed by atoms with Crippen LogP contribution in [0.25, 0.3) is 0 Å². The summed E-state index contributed by atoms with van der Waals surface area (Å²) in [6.07, 6.45) is 8.83. The molecule has 1 rings (SSSR count). The van der Waals surface area contributed by atoms with Gasteiger partial charge in [-0.05, 0) is 40.2 Å². The average molecular weight is 319 g/mol. The smallest absolute Gasteiger partial charge is 0.0314 e. The van der Waals surface area contributed by atoms with Crippen LogP contribution in [-0.4, -0.2) is 6.04 Å². The van der Waals surface area contributed by atoms with Crippen molar-refractivity contribution in [3.8, 4) is 0 Å². The molecule has 0 saturated heterocycles. The summed E-state index contributed by atoms with van der Waals surface area (Å²) >= 11 is 5.37. The number of hydrogen-bond donors (Lipinski definition) is 2. The second-order valence-electron chi connectivity index (χ2n) is 4.46. The molecule has 0 bridgehead atoms. The summed E-state index contributed by atoms with van der Waals surface area (Å²) in [4.78, 5) is 1.39. The number of hydrazine groups is 1. The molecule has 98 valence electrons. The Bertz CT molecular complexity index is 301. The molecule has 0 saturated carbocycles. The molecule has 1 unspecified atom stereocenters. The predicted octanol–water partition coefficient (Wildman–Crippen LogP) is 4.25. The van der Waals surface area contributed by atoms with E-state index in [1.807, 2.05) is 0 Å². The summed E-state index contributed by atoms with van der Waals surface area (Å²) in [6.45, 7) is 2.25. The number of unbranched alkanes of at least 4 members (excludes halogenated alkanes) is 4. The third-order valence-electron chi connectivity index (χ3n) is 3.01. The van der Waals surface area contributed by atoms with Gasteiger partial charge in [0.25, 0.3) is 0 Å². The number of thiophene rings is 1. The maximum atomic E-state index is 5.62. The zero-order valence-electron chi connectivity index (χ0n) is 10.5. The molecule has 0 fully saturated rings. The second-order valence-corrected chi connectivity index (χ2v) is 6.32. The van der Waals surface area contributed by atoms with E-state index in [4.69, 9.17) is 5.84 Å². The second kappa shape index (κ2) is 9.09. The van der Waals surface area contributed by atoms with Crippen LogP contribution in [0.1, 0.15) is 50.3 Å². The molecule has 0 radical (unpaired) electrons. The number of rotatable bonds is 9. The van der Waals surface area contributed by atoms with Gasteiger partial charge in [0, 0.05) is 15.4 Å². The van der Waals surface area contributed by atoms with E-state index >= 15 is 0 Å². The van der Waals surface area contributed by atoms with Gasteiger partial charge in [-0.1, -0.05) is 39.0 Å². The summed E-state index contributed by atoms with van der Waals surface area (Å²) in [5.74, 6) is 5.62. The molecule has 1 heterocycles. The first-order valence-corrected chi connectivity index (χ1v) is 8.13. The fourth-order valence-corrected chi connectivity index (χ4v) is 3.53. The third-order valence-corrected chi connectivity index (χ3v) is 4.96. The van der Waals surface area contributed by atoms with Crippen LogP contribution < -0.4 is 11.3 Å². The van der Waals surface area contributed by atoms with Crippen molar-refractivity contribution in [3.63, 3.8) is 0 Å². The highest BCUT2D eigenvalue weighted by Gasteiger charge is 2.10. The Morgan fingerprint density at radius 2 is 2.12 bits per heavy atom. The van der Waals surface area contributed by atoms with Crippen molar-refractivity contribution in [3.05, 3.63) is 20.8 Å². The van der Waals surface area contributed by atoms with E-state index < -0.39 is 0 Å². The summed E-state index contributed by atoms with van der Waals surface area (Å²) in [7, 11) is 0. The Morgan fingerprint density at radius 1 is 1.35 bits per heavy atom. The lowest BCUT2D eigenvalue weighted by molar-refractivity contribution is 0.462. The lowest BCUT2D eigenvalue weighted by atomic mass is 10.0. The maximum absolute atomic E-state index is 5.62. The van der Waals surface area contributed by atoms with Crippen molar-refractivity contribution < 1.29 is 0 Å². The largest absolute Gasteiger partial charge is 0.271 e.